The number of nitrogens with two attached hydrogens (primary N) is 1. The standard InChI is InChI=1S/C11H15NO4.C8H9NO4.C8H11NO2/c1-16-11(15)5-12-10-3-8(6-13)2-9(4-10)7-14;10-4-6-1-7(5-11)3-8(2-6)9(12)13;9-8-2-6(4-10)1-7(3-8)5-11/h2-4,12-14H,5-7H2,1H3;1-3,10-11H,4-5H2;1-3,10-11H,4-5,9H2. The number of benzene rings is 3. The number of carbonyl (C=O) groups excluding carboxylic acids is 1. The van der Waals surface area contributed by atoms with Gasteiger partial charge in [0, 0.05) is 23.5 Å². The molecule has 0 amide bonds. The summed E-state index contributed by atoms with van der Waals surface area (Å²) in [4.78, 5) is 20.7. The van der Waals surface area contributed by atoms with Crippen molar-refractivity contribution in [3.05, 3.63) is 98.1 Å². The molecule has 0 aliphatic carbocycles. The van der Waals surface area contributed by atoms with E-state index in [1.807, 2.05) is 0 Å². The number of hydrogen-bond donors (Lipinski definition) is 8. The van der Waals surface area contributed by atoms with Crippen LogP contribution in [0, 0.1) is 10.1 Å². The lowest BCUT2D eigenvalue weighted by molar-refractivity contribution is -0.385. The van der Waals surface area contributed by atoms with Crippen molar-refractivity contribution in [2.24, 2.45) is 0 Å². The number of ether oxygens (including phenoxy) is 1. The van der Waals surface area contributed by atoms with Crippen LogP contribution in [0.3, 0.4) is 0 Å². The van der Waals surface area contributed by atoms with Gasteiger partial charge in [-0.25, -0.2) is 0 Å². The van der Waals surface area contributed by atoms with E-state index in [1.165, 1.54) is 25.3 Å². The highest BCUT2D eigenvalue weighted by Crippen LogP contribution is 2.17. The molecule has 0 fully saturated rings. The van der Waals surface area contributed by atoms with Crippen molar-refractivity contribution in [2.75, 3.05) is 24.7 Å². The predicted octanol–water partition coefficient (Wildman–Crippen LogP) is 1.09. The monoisotopic (exact) mass is 561 g/mol. The summed E-state index contributed by atoms with van der Waals surface area (Å²) in [5.74, 6) is -0.375. The molecule has 0 aromatic heterocycles. The molecule has 3 aromatic rings. The maximum Gasteiger partial charge on any atom is 0.325 e. The van der Waals surface area contributed by atoms with E-state index in [0.29, 0.717) is 33.6 Å². The maximum absolute atomic E-state index is 10.9. The van der Waals surface area contributed by atoms with E-state index in [9.17, 15) is 14.9 Å². The number of methoxy groups -OCH3 is 1. The number of non-ortho nitro benzene ring substituents is 1. The van der Waals surface area contributed by atoms with Crippen molar-refractivity contribution in [3.63, 3.8) is 0 Å². The second-order valence-electron chi connectivity index (χ2n) is 8.26. The number of nitrogen functional groups attached to an aromatic ring is 1. The van der Waals surface area contributed by atoms with E-state index in [-0.39, 0.29) is 57.8 Å². The molecule has 0 saturated heterocycles. The molecule has 0 aliphatic heterocycles. The fourth-order valence-corrected chi connectivity index (χ4v) is 3.30. The molecule has 0 unspecified atom stereocenters. The zero-order valence-electron chi connectivity index (χ0n) is 22.0. The lowest BCUT2D eigenvalue weighted by atomic mass is 10.1. The van der Waals surface area contributed by atoms with E-state index in [2.05, 4.69) is 10.1 Å². The number of nitrogens with zero attached hydrogens (tertiary/aromatic N) is 1. The molecule has 0 aliphatic rings. The van der Waals surface area contributed by atoms with Gasteiger partial charge in [-0.05, 0) is 57.6 Å². The highest BCUT2D eigenvalue weighted by atomic mass is 16.6. The summed E-state index contributed by atoms with van der Waals surface area (Å²) in [6, 6.07) is 14.3. The van der Waals surface area contributed by atoms with Crippen LogP contribution in [0.2, 0.25) is 0 Å². The first-order chi connectivity index (χ1) is 19.1. The van der Waals surface area contributed by atoms with Gasteiger partial charge in [0.25, 0.3) is 5.69 Å². The van der Waals surface area contributed by atoms with Crippen LogP contribution in [-0.2, 0) is 49.2 Å². The molecule has 0 heterocycles. The average Bonchev–Trinajstić information content (AvgIpc) is 2.99. The quantitative estimate of drug-likeness (QED) is 0.0753. The highest BCUT2D eigenvalue weighted by molar-refractivity contribution is 5.74. The molecule has 0 radical (unpaired) electrons. The van der Waals surface area contributed by atoms with Crippen LogP contribution in [0.5, 0.6) is 0 Å². The lowest BCUT2D eigenvalue weighted by Crippen LogP contribution is -2.15. The van der Waals surface area contributed by atoms with Crippen molar-refractivity contribution in [2.45, 2.75) is 39.6 Å². The number of nitrogens with one attached hydrogen (secondary N) is 1. The number of nitro benzene ring substituents is 1. The van der Waals surface area contributed by atoms with Gasteiger partial charge in [-0.3, -0.25) is 14.9 Å². The third-order valence-electron chi connectivity index (χ3n) is 5.14. The fourth-order valence-electron chi connectivity index (χ4n) is 3.30. The molecule has 9 N–H and O–H groups in total. The number of esters is 1. The summed E-state index contributed by atoms with van der Waals surface area (Å²) in [7, 11) is 1.31. The zero-order chi connectivity index (χ0) is 30.1. The van der Waals surface area contributed by atoms with Crippen LogP contribution in [0.25, 0.3) is 0 Å². The van der Waals surface area contributed by atoms with E-state index in [0.717, 1.165) is 11.1 Å². The van der Waals surface area contributed by atoms with Crippen LogP contribution < -0.4 is 11.1 Å². The van der Waals surface area contributed by atoms with Crippen molar-refractivity contribution >= 4 is 23.0 Å². The van der Waals surface area contributed by atoms with Crippen LogP contribution in [-0.4, -0.2) is 55.2 Å². The first-order valence-corrected chi connectivity index (χ1v) is 11.9. The van der Waals surface area contributed by atoms with Crippen molar-refractivity contribution in [1.82, 2.24) is 0 Å². The van der Waals surface area contributed by atoms with E-state index in [4.69, 9.17) is 36.4 Å². The van der Waals surface area contributed by atoms with Crippen LogP contribution in [0.4, 0.5) is 17.1 Å². The van der Waals surface area contributed by atoms with E-state index in [1.54, 1.807) is 36.4 Å². The molecule has 3 rings (SSSR count). The predicted molar refractivity (Wildman–Crippen MR) is 146 cm³/mol. The number of nitro groups is 1. The van der Waals surface area contributed by atoms with E-state index >= 15 is 0 Å². The van der Waals surface area contributed by atoms with Crippen LogP contribution >= 0.6 is 0 Å². The maximum atomic E-state index is 10.9. The zero-order valence-corrected chi connectivity index (χ0v) is 22.0. The number of hydrogen-bond acceptors (Lipinski definition) is 12. The molecule has 218 valence electrons. The normalized spacial score (nSPS) is 9.97. The van der Waals surface area contributed by atoms with Crippen LogP contribution in [0.1, 0.15) is 33.4 Å². The van der Waals surface area contributed by atoms with Crippen LogP contribution in [0.15, 0.2) is 54.6 Å². The van der Waals surface area contributed by atoms with Gasteiger partial charge in [0.15, 0.2) is 0 Å². The Balaban J connectivity index is 0.000000305. The molecule has 13 heteroatoms. The Morgan fingerprint density at radius 3 is 1.40 bits per heavy atom. The average molecular weight is 562 g/mol. The lowest BCUT2D eigenvalue weighted by Gasteiger charge is -2.08. The molecule has 13 nitrogen and oxygen atoms in total. The van der Waals surface area contributed by atoms with Gasteiger partial charge in [-0.2, -0.15) is 0 Å². The SMILES string of the molecule is COC(=O)CNc1cc(CO)cc(CO)c1.Nc1cc(CO)cc(CO)c1.O=[N+]([O-])c1cc(CO)cc(CO)c1. The third-order valence-corrected chi connectivity index (χ3v) is 5.14. The fraction of sp³-hybridized carbons (Fsp3) is 0.296. The Labute approximate surface area is 230 Å². The molecule has 0 spiro atoms. The minimum atomic E-state index is -0.557. The Hall–Kier alpha value is -4.11. The number of aliphatic hydroxyl groups is 6. The highest BCUT2D eigenvalue weighted by Gasteiger charge is 2.08. The van der Waals surface area contributed by atoms with Gasteiger partial charge in [-0.1, -0.05) is 18.2 Å². The molecular weight excluding hydrogens is 526 g/mol. The van der Waals surface area contributed by atoms with Gasteiger partial charge in [0.1, 0.15) is 6.54 Å². The molecule has 0 saturated carbocycles. The molecular formula is C27H35N3O10. The third kappa shape index (κ3) is 12.2. The smallest absolute Gasteiger partial charge is 0.325 e. The molecule has 3 aromatic carbocycles. The van der Waals surface area contributed by atoms with Crippen molar-refractivity contribution in [1.29, 1.82) is 0 Å². The Morgan fingerprint density at radius 2 is 1.07 bits per heavy atom. The van der Waals surface area contributed by atoms with Gasteiger partial charge in [0.05, 0.1) is 51.7 Å². The molecule has 0 atom stereocenters. The minimum Gasteiger partial charge on any atom is -0.468 e. The number of aliphatic hydroxyl groups excluding tert-OH is 6. The van der Waals surface area contributed by atoms with Gasteiger partial charge in [-0.15, -0.1) is 0 Å². The van der Waals surface area contributed by atoms with Crippen molar-refractivity contribution in [3.8, 4) is 0 Å². The first kappa shape index (κ1) is 33.9. The summed E-state index contributed by atoms with van der Waals surface area (Å²) in [5.41, 5.74) is 10.3. The Kier molecular flexibility index (Phi) is 15.5. The van der Waals surface area contributed by atoms with Gasteiger partial charge >= 0.3 is 5.97 Å². The molecule has 0 bridgehead atoms. The minimum absolute atomic E-state index is 0.0436. The second-order valence-corrected chi connectivity index (χ2v) is 8.26. The second kappa shape index (κ2) is 18.2. The number of anilines is 2. The number of carbonyl (C=O) groups is 1. The summed E-state index contributed by atoms with van der Waals surface area (Å²) in [6.07, 6.45) is 0. The van der Waals surface area contributed by atoms with Crippen molar-refractivity contribution < 1.29 is 45.1 Å². The first-order valence-electron chi connectivity index (χ1n) is 11.9. The van der Waals surface area contributed by atoms with Gasteiger partial charge < -0.3 is 46.4 Å². The Morgan fingerprint density at radius 1 is 0.725 bits per heavy atom. The topological polar surface area (TPSA) is 229 Å². The Bertz CT molecular complexity index is 1170. The summed E-state index contributed by atoms with van der Waals surface area (Å²) in [5, 5.41) is 66.2. The van der Waals surface area contributed by atoms with E-state index < -0.39 is 4.92 Å². The summed E-state index contributed by atoms with van der Waals surface area (Å²) >= 11 is 0. The number of rotatable bonds is 10. The van der Waals surface area contributed by atoms with Gasteiger partial charge in [0.2, 0.25) is 0 Å². The molecule has 40 heavy (non-hydrogen) atoms. The largest absolute Gasteiger partial charge is 0.468 e. The summed E-state index contributed by atoms with van der Waals surface area (Å²) in [6.45, 7) is -0.794. The summed E-state index contributed by atoms with van der Waals surface area (Å²) < 4.78 is 4.48.